The molecule has 2 atom stereocenters. The number of aromatic nitrogens is 3. The van der Waals surface area contributed by atoms with Crippen molar-refractivity contribution >= 4 is 22.6 Å². The molecule has 2 aromatic carbocycles. The molecule has 40 heavy (non-hydrogen) atoms. The highest BCUT2D eigenvalue weighted by Crippen LogP contribution is 2.35. The third-order valence-electron chi connectivity index (χ3n) is 5.89. The average Bonchev–Trinajstić information content (AvgIpc) is 2.95. The molecule has 1 aliphatic rings. The van der Waals surface area contributed by atoms with E-state index in [1.807, 2.05) is 18.2 Å². The second-order valence-corrected chi connectivity index (χ2v) is 10.2. The van der Waals surface area contributed by atoms with Crippen LogP contribution in [0.4, 0.5) is 24.8 Å². The molecule has 1 saturated heterocycles. The highest BCUT2D eigenvalue weighted by atomic mass is 32.2. The van der Waals surface area contributed by atoms with Gasteiger partial charge >= 0.3 is 0 Å². The van der Waals surface area contributed by atoms with E-state index in [-0.39, 0.29) is 29.0 Å². The fourth-order valence-electron chi connectivity index (χ4n) is 3.90. The van der Waals surface area contributed by atoms with Crippen LogP contribution in [0.1, 0.15) is 24.0 Å². The van der Waals surface area contributed by atoms with Gasteiger partial charge in [-0.1, -0.05) is 30.3 Å². The van der Waals surface area contributed by atoms with Crippen LogP contribution in [0, 0.1) is 18.6 Å². The van der Waals surface area contributed by atoms with Crippen LogP contribution in [0.5, 0.6) is 11.6 Å². The van der Waals surface area contributed by atoms with Crippen molar-refractivity contribution in [2.45, 2.75) is 31.7 Å². The van der Waals surface area contributed by atoms with Crippen LogP contribution in [-0.4, -0.2) is 38.4 Å². The first-order chi connectivity index (χ1) is 19.3. The van der Waals surface area contributed by atoms with E-state index in [1.165, 1.54) is 18.5 Å². The number of ether oxygens (including phenoxy) is 1. The summed E-state index contributed by atoms with van der Waals surface area (Å²) in [6.45, 7) is 3.13. The zero-order chi connectivity index (χ0) is 28.5. The van der Waals surface area contributed by atoms with Crippen LogP contribution in [-0.2, 0) is 16.7 Å². The Morgan fingerprint density at radius 2 is 1.90 bits per heavy atom. The molecule has 0 spiro atoms. The molecule has 0 bridgehead atoms. The Hall–Kier alpha value is -4.03. The van der Waals surface area contributed by atoms with E-state index >= 15 is 0 Å². The van der Waals surface area contributed by atoms with Crippen molar-refractivity contribution in [3.63, 3.8) is 0 Å². The lowest BCUT2D eigenvalue weighted by Gasteiger charge is -2.15. The number of anilines is 2. The first-order valence-corrected chi connectivity index (χ1v) is 13.9. The molecule has 8 nitrogen and oxygen atoms in total. The lowest BCUT2D eigenvalue weighted by atomic mass is 10.1. The zero-order valence-electron chi connectivity index (χ0n) is 21.7. The van der Waals surface area contributed by atoms with Crippen LogP contribution < -0.4 is 20.5 Å². The summed E-state index contributed by atoms with van der Waals surface area (Å²) in [5.41, 5.74) is 7.40. The number of hydrogen-bond acceptors (Lipinski definition) is 7. The molecular weight excluding hydrogens is 541 g/mol. The van der Waals surface area contributed by atoms with E-state index in [9.17, 15) is 17.4 Å². The highest BCUT2D eigenvalue weighted by Gasteiger charge is 2.21. The number of nitrogens with zero attached hydrogens (tertiary/aromatic N) is 3. The average molecular weight is 571 g/mol. The molecule has 0 aliphatic carbocycles. The lowest BCUT2D eigenvalue weighted by molar-refractivity contribution is 0.266. The number of benzene rings is 2. The number of aryl methyl sites for hydroxylation is 1. The van der Waals surface area contributed by atoms with E-state index in [2.05, 4.69) is 25.0 Å². The third kappa shape index (κ3) is 7.76. The Morgan fingerprint density at radius 1 is 1.10 bits per heavy atom. The van der Waals surface area contributed by atoms with Crippen molar-refractivity contribution in [2.75, 3.05) is 23.5 Å². The molecule has 3 heterocycles. The largest absolute Gasteiger partial charge is 0.435 e. The SMILES string of the molecule is Cc1cc(Oc2ncccc2-c2ccnc(N)n2)c(F)c(F)c1NS(=O)Cc1ccccc1.FC1CCCNC1. The maximum Gasteiger partial charge on any atom is 0.228 e. The first kappa shape index (κ1) is 29.0. The van der Waals surface area contributed by atoms with Gasteiger partial charge in [0.25, 0.3) is 0 Å². The summed E-state index contributed by atoms with van der Waals surface area (Å²) in [6.07, 6.45) is 4.10. The summed E-state index contributed by atoms with van der Waals surface area (Å²) in [5, 5.41) is 2.96. The molecule has 12 heteroatoms. The van der Waals surface area contributed by atoms with Gasteiger partial charge in [0.05, 0.1) is 22.7 Å². The monoisotopic (exact) mass is 570 g/mol. The quantitative estimate of drug-likeness (QED) is 0.269. The molecule has 5 rings (SSSR count). The predicted molar refractivity (Wildman–Crippen MR) is 150 cm³/mol. The van der Waals surface area contributed by atoms with Crippen LogP contribution in [0.25, 0.3) is 11.3 Å². The van der Waals surface area contributed by atoms with Gasteiger partial charge < -0.3 is 20.5 Å². The number of piperidine rings is 1. The Bertz CT molecular complexity index is 1460. The Kier molecular flexibility index (Phi) is 10.0. The third-order valence-corrected chi connectivity index (χ3v) is 6.92. The molecule has 0 radical (unpaired) electrons. The summed E-state index contributed by atoms with van der Waals surface area (Å²) < 4.78 is 62.5. The topological polar surface area (TPSA) is 115 Å². The number of pyridine rings is 1. The van der Waals surface area contributed by atoms with E-state index < -0.39 is 28.8 Å². The number of hydrogen-bond donors (Lipinski definition) is 3. The summed E-state index contributed by atoms with van der Waals surface area (Å²) in [5.74, 6) is -2.60. The number of alkyl halides is 1. The molecule has 2 unspecified atom stereocenters. The van der Waals surface area contributed by atoms with Crippen molar-refractivity contribution in [3.8, 4) is 22.9 Å². The predicted octanol–water partition coefficient (Wildman–Crippen LogP) is 5.48. The van der Waals surface area contributed by atoms with E-state index in [0.29, 0.717) is 23.4 Å². The van der Waals surface area contributed by atoms with E-state index in [0.717, 1.165) is 24.9 Å². The van der Waals surface area contributed by atoms with Gasteiger partial charge in [0, 0.05) is 18.9 Å². The maximum atomic E-state index is 14.9. The lowest BCUT2D eigenvalue weighted by Crippen LogP contribution is -2.30. The first-order valence-electron chi connectivity index (χ1n) is 12.6. The minimum absolute atomic E-state index is 0.0154. The van der Waals surface area contributed by atoms with Crippen LogP contribution >= 0.6 is 0 Å². The number of nitrogen functional groups attached to an aromatic ring is 1. The normalized spacial score (nSPS) is 15.4. The summed E-state index contributed by atoms with van der Waals surface area (Å²) in [6, 6.07) is 15.3. The van der Waals surface area contributed by atoms with Crippen molar-refractivity contribution in [1.82, 2.24) is 20.3 Å². The minimum Gasteiger partial charge on any atom is -0.435 e. The Balaban J connectivity index is 0.000000461. The summed E-state index contributed by atoms with van der Waals surface area (Å²) in [4.78, 5) is 12.1. The van der Waals surface area contributed by atoms with E-state index in [1.54, 1.807) is 37.3 Å². The van der Waals surface area contributed by atoms with Crippen molar-refractivity contribution in [3.05, 3.63) is 89.8 Å². The second kappa shape index (κ2) is 13.9. The molecule has 1 aliphatic heterocycles. The highest BCUT2D eigenvalue weighted by molar-refractivity contribution is 7.85. The maximum absolute atomic E-state index is 14.9. The Labute approximate surface area is 232 Å². The molecule has 4 N–H and O–H groups in total. The van der Waals surface area contributed by atoms with Crippen molar-refractivity contribution < 1.29 is 22.1 Å². The Morgan fingerprint density at radius 3 is 2.58 bits per heavy atom. The fourth-order valence-corrected chi connectivity index (χ4v) is 4.95. The fraction of sp³-hybridized carbons (Fsp3) is 0.250. The van der Waals surface area contributed by atoms with Gasteiger partial charge in [-0.15, -0.1) is 0 Å². The summed E-state index contributed by atoms with van der Waals surface area (Å²) >= 11 is 0. The van der Waals surface area contributed by atoms with Crippen LogP contribution in [0.15, 0.2) is 67.0 Å². The van der Waals surface area contributed by atoms with Crippen molar-refractivity contribution in [2.24, 2.45) is 0 Å². The molecule has 210 valence electrons. The van der Waals surface area contributed by atoms with E-state index in [4.69, 9.17) is 10.5 Å². The molecule has 4 aromatic rings. The van der Waals surface area contributed by atoms with Gasteiger partial charge in [-0.2, -0.15) is 4.39 Å². The van der Waals surface area contributed by atoms with Gasteiger partial charge in [0.15, 0.2) is 11.6 Å². The molecular formula is C28H29F3N6O2S. The molecule has 0 amide bonds. The standard InChI is InChI=1S/C23H19F2N5O2S.C5H10FN/c1-14-12-18(32-22-16(8-5-10-27-22)17-9-11-28-23(26)29-17)19(24)20(25)21(14)30-33(31)13-15-6-3-2-4-7-15;6-5-2-1-3-7-4-5/h2-12,30H,13H2,1H3,(H2,26,28,29);5,7H,1-4H2. The van der Waals surface area contributed by atoms with Gasteiger partial charge in [-0.25, -0.2) is 27.9 Å². The smallest absolute Gasteiger partial charge is 0.228 e. The van der Waals surface area contributed by atoms with Crippen molar-refractivity contribution in [1.29, 1.82) is 0 Å². The van der Waals surface area contributed by atoms with Crippen LogP contribution in [0.2, 0.25) is 0 Å². The molecule has 0 saturated carbocycles. The van der Waals surface area contributed by atoms with Gasteiger partial charge in [-0.05, 0) is 61.7 Å². The molecule has 1 fully saturated rings. The number of halogens is 3. The van der Waals surface area contributed by atoms with Gasteiger partial charge in [-0.3, -0.25) is 0 Å². The molecule has 2 aromatic heterocycles. The second-order valence-electron chi connectivity index (χ2n) is 8.97. The number of nitrogens with two attached hydrogens (primary N) is 1. The van der Waals surface area contributed by atoms with Gasteiger partial charge in [0.1, 0.15) is 17.2 Å². The van der Waals surface area contributed by atoms with Crippen LogP contribution in [0.3, 0.4) is 0 Å². The number of rotatable bonds is 7. The summed E-state index contributed by atoms with van der Waals surface area (Å²) in [7, 11) is -1.66. The zero-order valence-corrected chi connectivity index (χ0v) is 22.6. The minimum atomic E-state index is -1.66. The number of nitrogens with one attached hydrogen (secondary N) is 2. The van der Waals surface area contributed by atoms with Gasteiger partial charge in [0.2, 0.25) is 17.6 Å².